The molecule has 1 heterocycles. The van der Waals surface area contributed by atoms with E-state index in [0.29, 0.717) is 0 Å². The van der Waals surface area contributed by atoms with Gasteiger partial charge in [0.05, 0.1) is 10.9 Å². The highest BCUT2D eigenvalue weighted by Crippen LogP contribution is 2.23. The lowest BCUT2D eigenvalue weighted by Crippen LogP contribution is -2.14. The standard InChI is InChI=1S/C14H16N2O2S/c1-10-6-7-16-9-13(10)14(15)11-4-3-5-12(8-11)19(2,17)18/h3-9,14H,15H2,1-2H3. The van der Waals surface area contributed by atoms with Gasteiger partial charge in [-0.1, -0.05) is 12.1 Å². The molecule has 2 aromatic rings. The molecule has 0 saturated carbocycles. The molecule has 100 valence electrons. The van der Waals surface area contributed by atoms with Gasteiger partial charge in [-0.25, -0.2) is 8.42 Å². The van der Waals surface area contributed by atoms with Crippen LogP contribution >= 0.6 is 0 Å². The van der Waals surface area contributed by atoms with Gasteiger partial charge in [0.25, 0.3) is 0 Å². The van der Waals surface area contributed by atoms with E-state index in [1.165, 1.54) is 6.26 Å². The number of nitrogens with two attached hydrogens (primary N) is 1. The minimum absolute atomic E-state index is 0.280. The van der Waals surface area contributed by atoms with E-state index in [9.17, 15) is 8.42 Å². The zero-order valence-electron chi connectivity index (χ0n) is 10.9. The Hall–Kier alpha value is -1.72. The average Bonchev–Trinajstić information content (AvgIpc) is 2.38. The van der Waals surface area contributed by atoms with Crippen molar-refractivity contribution in [3.05, 3.63) is 59.4 Å². The summed E-state index contributed by atoms with van der Waals surface area (Å²) in [5, 5.41) is 0. The molecule has 2 N–H and O–H groups in total. The van der Waals surface area contributed by atoms with E-state index < -0.39 is 9.84 Å². The number of nitrogens with zero attached hydrogens (tertiary/aromatic N) is 1. The van der Waals surface area contributed by atoms with Gasteiger partial charge in [0.15, 0.2) is 9.84 Å². The minimum Gasteiger partial charge on any atom is -0.320 e. The average molecular weight is 276 g/mol. The van der Waals surface area contributed by atoms with Crippen LogP contribution in [0.2, 0.25) is 0 Å². The first-order chi connectivity index (χ1) is 8.89. The first-order valence-electron chi connectivity index (χ1n) is 5.85. The van der Waals surface area contributed by atoms with Crippen LogP contribution in [0.15, 0.2) is 47.6 Å². The fourth-order valence-electron chi connectivity index (χ4n) is 1.92. The minimum atomic E-state index is -3.22. The number of aromatic nitrogens is 1. The van der Waals surface area contributed by atoms with Crippen LogP contribution in [0, 0.1) is 6.92 Å². The third-order valence-electron chi connectivity index (χ3n) is 3.06. The van der Waals surface area contributed by atoms with Crippen molar-refractivity contribution in [2.45, 2.75) is 17.9 Å². The van der Waals surface area contributed by atoms with E-state index in [1.807, 2.05) is 19.1 Å². The third kappa shape index (κ3) is 3.00. The fourth-order valence-corrected chi connectivity index (χ4v) is 2.60. The maximum absolute atomic E-state index is 11.6. The molecule has 0 aliphatic rings. The van der Waals surface area contributed by atoms with Crippen LogP contribution < -0.4 is 5.73 Å². The van der Waals surface area contributed by atoms with Gasteiger partial charge in [-0.3, -0.25) is 4.98 Å². The predicted octanol–water partition coefficient (Wildman–Crippen LogP) is 1.84. The van der Waals surface area contributed by atoms with Gasteiger partial charge in [0.2, 0.25) is 0 Å². The van der Waals surface area contributed by atoms with Crippen molar-refractivity contribution in [2.24, 2.45) is 5.73 Å². The van der Waals surface area contributed by atoms with Gasteiger partial charge < -0.3 is 5.73 Å². The molecule has 0 radical (unpaired) electrons. The van der Waals surface area contributed by atoms with Crippen LogP contribution in [0.25, 0.3) is 0 Å². The zero-order valence-corrected chi connectivity index (χ0v) is 11.7. The maximum atomic E-state index is 11.6. The number of sulfone groups is 1. The molecule has 2 rings (SSSR count). The second-order valence-electron chi connectivity index (χ2n) is 4.55. The molecule has 0 fully saturated rings. The molecule has 1 aromatic heterocycles. The van der Waals surface area contributed by atoms with Crippen molar-refractivity contribution < 1.29 is 8.42 Å². The number of hydrogen-bond donors (Lipinski definition) is 1. The van der Waals surface area contributed by atoms with Crippen LogP contribution in [0.1, 0.15) is 22.7 Å². The number of rotatable bonds is 3. The lowest BCUT2D eigenvalue weighted by atomic mass is 9.98. The molecule has 0 bridgehead atoms. The predicted molar refractivity (Wildman–Crippen MR) is 74.6 cm³/mol. The number of aryl methyl sites for hydroxylation is 1. The second kappa shape index (κ2) is 5.11. The SMILES string of the molecule is Cc1ccncc1C(N)c1cccc(S(C)(=O)=O)c1. The molecule has 4 nitrogen and oxygen atoms in total. The summed E-state index contributed by atoms with van der Waals surface area (Å²) in [6, 6.07) is 8.22. The van der Waals surface area contributed by atoms with Crippen molar-refractivity contribution in [1.82, 2.24) is 4.98 Å². The van der Waals surface area contributed by atoms with Crippen molar-refractivity contribution in [1.29, 1.82) is 0 Å². The summed E-state index contributed by atoms with van der Waals surface area (Å²) >= 11 is 0. The van der Waals surface area contributed by atoms with E-state index in [2.05, 4.69) is 4.98 Å². The summed E-state index contributed by atoms with van der Waals surface area (Å²) in [6.07, 6.45) is 4.61. The normalized spacial score (nSPS) is 13.2. The van der Waals surface area contributed by atoms with Gasteiger partial charge in [0, 0.05) is 18.6 Å². The molecule has 1 aromatic carbocycles. The molecule has 0 aliphatic heterocycles. The third-order valence-corrected chi connectivity index (χ3v) is 4.17. The maximum Gasteiger partial charge on any atom is 0.175 e. The lowest BCUT2D eigenvalue weighted by molar-refractivity contribution is 0.601. The summed E-state index contributed by atoms with van der Waals surface area (Å²) in [6.45, 7) is 1.96. The summed E-state index contributed by atoms with van der Waals surface area (Å²) in [5.74, 6) is 0. The molecule has 0 saturated heterocycles. The molecule has 5 heteroatoms. The van der Waals surface area contributed by atoms with Crippen molar-refractivity contribution in [3.8, 4) is 0 Å². The molecular weight excluding hydrogens is 260 g/mol. The van der Waals surface area contributed by atoms with E-state index in [1.54, 1.807) is 30.6 Å². The second-order valence-corrected chi connectivity index (χ2v) is 6.57. The topological polar surface area (TPSA) is 73.0 Å². The number of benzene rings is 1. The van der Waals surface area contributed by atoms with E-state index in [-0.39, 0.29) is 10.9 Å². The van der Waals surface area contributed by atoms with Gasteiger partial charge in [0.1, 0.15) is 0 Å². The molecule has 0 spiro atoms. The van der Waals surface area contributed by atoms with Gasteiger partial charge in [-0.05, 0) is 41.8 Å². The number of hydrogen-bond acceptors (Lipinski definition) is 4. The summed E-state index contributed by atoms with van der Waals surface area (Å²) in [4.78, 5) is 4.34. The van der Waals surface area contributed by atoms with E-state index in [0.717, 1.165) is 16.7 Å². The Morgan fingerprint density at radius 1 is 1.26 bits per heavy atom. The summed E-state index contributed by atoms with van der Waals surface area (Å²) in [7, 11) is -3.22. The molecule has 19 heavy (non-hydrogen) atoms. The van der Waals surface area contributed by atoms with Gasteiger partial charge in [-0.2, -0.15) is 0 Å². The molecule has 1 unspecified atom stereocenters. The van der Waals surface area contributed by atoms with Crippen LogP contribution in [0.5, 0.6) is 0 Å². The quantitative estimate of drug-likeness (QED) is 0.928. The van der Waals surface area contributed by atoms with Crippen LogP contribution in [-0.4, -0.2) is 19.7 Å². The highest BCUT2D eigenvalue weighted by atomic mass is 32.2. The summed E-state index contributed by atoms with van der Waals surface area (Å²) in [5.41, 5.74) is 8.89. The van der Waals surface area contributed by atoms with E-state index in [4.69, 9.17) is 5.73 Å². The Balaban J connectivity index is 2.46. The Kier molecular flexibility index (Phi) is 3.68. The zero-order chi connectivity index (χ0) is 14.0. The Morgan fingerprint density at radius 2 is 2.00 bits per heavy atom. The van der Waals surface area contributed by atoms with Crippen molar-refractivity contribution in [2.75, 3.05) is 6.26 Å². The molecule has 0 amide bonds. The first-order valence-corrected chi connectivity index (χ1v) is 7.75. The van der Waals surface area contributed by atoms with Crippen LogP contribution in [0.4, 0.5) is 0 Å². The monoisotopic (exact) mass is 276 g/mol. The highest BCUT2D eigenvalue weighted by molar-refractivity contribution is 7.90. The lowest BCUT2D eigenvalue weighted by Gasteiger charge is -2.15. The van der Waals surface area contributed by atoms with Crippen molar-refractivity contribution >= 4 is 9.84 Å². The Labute approximate surface area is 113 Å². The van der Waals surface area contributed by atoms with Crippen LogP contribution in [0.3, 0.4) is 0 Å². The fraction of sp³-hybridized carbons (Fsp3) is 0.214. The van der Waals surface area contributed by atoms with Gasteiger partial charge >= 0.3 is 0 Å². The molecule has 1 atom stereocenters. The first kappa shape index (κ1) is 13.7. The Morgan fingerprint density at radius 3 is 2.63 bits per heavy atom. The van der Waals surface area contributed by atoms with E-state index >= 15 is 0 Å². The smallest absolute Gasteiger partial charge is 0.175 e. The highest BCUT2D eigenvalue weighted by Gasteiger charge is 2.14. The largest absolute Gasteiger partial charge is 0.320 e. The van der Waals surface area contributed by atoms with Crippen LogP contribution in [-0.2, 0) is 9.84 Å². The molecule has 0 aliphatic carbocycles. The summed E-state index contributed by atoms with van der Waals surface area (Å²) < 4.78 is 23.1. The molecular formula is C14H16N2O2S. The van der Waals surface area contributed by atoms with Gasteiger partial charge in [-0.15, -0.1) is 0 Å². The Bertz CT molecular complexity index is 696. The number of pyridine rings is 1. The van der Waals surface area contributed by atoms with Crippen molar-refractivity contribution in [3.63, 3.8) is 0 Å².